The van der Waals surface area contributed by atoms with Crippen LogP contribution in [-0.4, -0.2) is 71.2 Å². The Morgan fingerprint density at radius 1 is 1.03 bits per heavy atom. The predicted octanol–water partition coefficient (Wildman–Crippen LogP) is 1.91. The molecule has 3 rings (SSSR count). The van der Waals surface area contributed by atoms with Crippen molar-refractivity contribution in [1.82, 2.24) is 4.31 Å². The fourth-order valence-corrected chi connectivity index (χ4v) is 4.62. The molecule has 1 saturated heterocycles. The van der Waals surface area contributed by atoms with E-state index in [1.165, 1.54) is 55.8 Å². The molecule has 1 N–H and O–H groups in total. The Bertz CT molecular complexity index is 1100. The number of nitrogens with zero attached hydrogens (tertiary/aromatic N) is 1. The molecular formula is C22H26N2O8S. The van der Waals surface area contributed by atoms with Gasteiger partial charge in [-0.05, 0) is 43.3 Å². The highest BCUT2D eigenvalue weighted by atomic mass is 32.2. The van der Waals surface area contributed by atoms with E-state index in [1.807, 2.05) is 0 Å². The van der Waals surface area contributed by atoms with Gasteiger partial charge in [0.05, 0.1) is 32.3 Å². The number of sulfonamides is 1. The maximum atomic E-state index is 12.7. The lowest BCUT2D eigenvalue weighted by atomic mass is 10.2. The summed E-state index contributed by atoms with van der Waals surface area (Å²) in [6.45, 7) is 2.72. The molecule has 178 valence electrons. The lowest BCUT2D eigenvalue weighted by Gasteiger charge is -2.26. The number of hydrogen-bond donors (Lipinski definition) is 1. The third-order valence-electron chi connectivity index (χ3n) is 5.01. The number of ether oxygens (including phenoxy) is 4. The van der Waals surface area contributed by atoms with Crippen molar-refractivity contribution in [2.75, 3.05) is 45.8 Å². The molecule has 1 heterocycles. The number of methoxy groups -OCH3 is 2. The molecule has 2 aromatic carbocycles. The number of para-hydroxylation sites is 1. The smallest absolute Gasteiger partial charge is 0.342 e. The van der Waals surface area contributed by atoms with Crippen LogP contribution in [-0.2, 0) is 24.3 Å². The van der Waals surface area contributed by atoms with Crippen molar-refractivity contribution in [3.63, 3.8) is 0 Å². The molecule has 1 aliphatic rings. The van der Waals surface area contributed by atoms with E-state index in [9.17, 15) is 18.0 Å². The highest BCUT2D eigenvalue weighted by Crippen LogP contribution is 2.31. The van der Waals surface area contributed by atoms with Crippen molar-refractivity contribution >= 4 is 27.6 Å². The minimum Gasteiger partial charge on any atom is -0.493 e. The lowest BCUT2D eigenvalue weighted by Crippen LogP contribution is -2.40. The maximum absolute atomic E-state index is 12.7. The van der Waals surface area contributed by atoms with Crippen LogP contribution >= 0.6 is 0 Å². The van der Waals surface area contributed by atoms with Gasteiger partial charge in [0.25, 0.3) is 5.91 Å². The van der Waals surface area contributed by atoms with Gasteiger partial charge < -0.3 is 24.3 Å². The van der Waals surface area contributed by atoms with Crippen molar-refractivity contribution < 1.29 is 37.0 Å². The molecule has 2 aromatic rings. The molecule has 0 bridgehead atoms. The van der Waals surface area contributed by atoms with E-state index in [4.69, 9.17) is 18.9 Å². The molecule has 10 nitrogen and oxygen atoms in total. The Morgan fingerprint density at radius 3 is 2.30 bits per heavy atom. The number of amides is 1. The van der Waals surface area contributed by atoms with Gasteiger partial charge in [-0.3, -0.25) is 4.79 Å². The summed E-state index contributed by atoms with van der Waals surface area (Å²) in [5.74, 6) is -0.764. The Balaban J connectivity index is 1.64. The Kier molecular flexibility index (Phi) is 7.90. The number of esters is 1. The zero-order chi connectivity index (χ0) is 24.0. The molecule has 33 heavy (non-hydrogen) atoms. The van der Waals surface area contributed by atoms with Gasteiger partial charge in [0.15, 0.2) is 17.6 Å². The first-order valence-electron chi connectivity index (χ1n) is 10.2. The molecule has 1 fully saturated rings. The summed E-state index contributed by atoms with van der Waals surface area (Å²) in [7, 11) is -0.792. The number of benzene rings is 2. The van der Waals surface area contributed by atoms with Gasteiger partial charge in [-0.2, -0.15) is 4.31 Å². The van der Waals surface area contributed by atoms with Crippen molar-refractivity contribution in [2.24, 2.45) is 0 Å². The van der Waals surface area contributed by atoms with Gasteiger partial charge in [-0.1, -0.05) is 6.07 Å². The van der Waals surface area contributed by atoms with Gasteiger partial charge in [-0.15, -0.1) is 0 Å². The number of morpholine rings is 1. The summed E-state index contributed by atoms with van der Waals surface area (Å²) in [5, 5.41) is 2.61. The molecule has 0 aliphatic carbocycles. The lowest BCUT2D eigenvalue weighted by molar-refractivity contribution is -0.123. The summed E-state index contributed by atoms with van der Waals surface area (Å²) in [5.41, 5.74) is 0.483. The molecule has 0 aromatic heterocycles. The summed E-state index contributed by atoms with van der Waals surface area (Å²) in [6, 6.07) is 10.5. The van der Waals surface area contributed by atoms with Gasteiger partial charge in [0.2, 0.25) is 10.0 Å². The SMILES string of the molecule is COc1cccc(C(=O)O[C@@H](C)C(=O)Nc2ccc(S(=O)(=O)N3CCOCC3)cc2)c1OC. The van der Waals surface area contributed by atoms with Crippen molar-refractivity contribution in [1.29, 1.82) is 0 Å². The highest BCUT2D eigenvalue weighted by Gasteiger charge is 2.27. The monoisotopic (exact) mass is 478 g/mol. The van der Waals surface area contributed by atoms with Crippen LogP contribution in [0.25, 0.3) is 0 Å². The van der Waals surface area contributed by atoms with Crippen LogP contribution in [0.2, 0.25) is 0 Å². The molecular weight excluding hydrogens is 452 g/mol. The van der Waals surface area contributed by atoms with E-state index in [0.29, 0.717) is 37.7 Å². The molecule has 1 aliphatic heterocycles. The third-order valence-corrected chi connectivity index (χ3v) is 6.92. The number of carbonyl (C=O) groups excluding carboxylic acids is 2. The van der Waals surface area contributed by atoms with Crippen molar-refractivity contribution in [2.45, 2.75) is 17.9 Å². The zero-order valence-corrected chi connectivity index (χ0v) is 19.4. The zero-order valence-electron chi connectivity index (χ0n) is 18.6. The molecule has 0 radical (unpaired) electrons. The Labute approximate surface area is 192 Å². The average Bonchev–Trinajstić information content (AvgIpc) is 2.84. The first-order valence-corrected chi connectivity index (χ1v) is 11.6. The van der Waals surface area contributed by atoms with E-state index >= 15 is 0 Å². The van der Waals surface area contributed by atoms with Gasteiger partial charge in [-0.25, -0.2) is 13.2 Å². The molecule has 0 spiro atoms. The first kappa shape index (κ1) is 24.5. The third kappa shape index (κ3) is 5.62. The summed E-state index contributed by atoms with van der Waals surface area (Å²) in [4.78, 5) is 25.2. The largest absolute Gasteiger partial charge is 0.493 e. The van der Waals surface area contributed by atoms with Crippen LogP contribution in [0, 0.1) is 0 Å². The molecule has 1 atom stereocenters. The summed E-state index contributed by atoms with van der Waals surface area (Å²) in [6.07, 6.45) is -1.12. The minimum absolute atomic E-state index is 0.118. The van der Waals surface area contributed by atoms with Gasteiger partial charge in [0, 0.05) is 18.8 Å². The van der Waals surface area contributed by atoms with Crippen LogP contribution in [0.4, 0.5) is 5.69 Å². The average molecular weight is 479 g/mol. The second-order valence-electron chi connectivity index (χ2n) is 7.12. The highest BCUT2D eigenvalue weighted by molar-refractivity contribution is 7.89. The second kappa shape index (κ2) is 10.6. The van der Waals surface area contributed by atoms with Crippen LogP contribution < -0.4 is 14.8 Å². The minimum atomic E-state index is -3.63. The van der Waals surface area contributed by atoms with E-state index < -0.39 is 28.0 Å². The maximum Gasteiger partial charge on any atom is 0.342 e. The molecule has 0 unspecified atom stereocenters. The quantitative estimate of drug-likeness (QED) is 0.572. The van der Waals surface area contributed by atoms with E-state index in [0.717, 1.165) is 0 Å². The Hall–Kier alpha value is -3.15. The van der Waals surface area contributed by atoms with E-state index in [1.54, 1.807) is 12.1 Å². The van der Waals surface area contributed by atoms with Gasteiger partial charge in [0.1, 0.15) is 5.56 Å². The first-order chi connectivity index (χ1) is 15.8. The number of nitrogens with one attached hydrogen (secondary N) is 1. The van der Waals surface area contributed by atoms with Crippen LogP contribution in [0.5, 0.6) is 11.5 Å². The van der Waals surface area contributed by atoms with E-state index in [2.05, 4.69) is 5.32 Å². The van der Waals surface area contributed by atoms with Gasteiger partial charge >= 0.3 is 5.97 Å². The molecule has 0 saturated carbocycles. The number of anilines is 1. The number of hydrogen-bond acceptors (Lipinski definition) is 8. The van der Waals surface area contributed by atoms with Crippen LogP contribution in [0.15, 0.2) is 47.4 Å². The predicted molar refractivity (Wildman–Crippen MR) is 119 cm³/mol. The van der Waals surface area contributed by atoms with Crippen molar-refractivity contribution in [3.8, 4) is 11.5 Å². The standard InChI is InChI=1S/C22H26N2O8S/c1-15(32-22(26)18-5-4-6-19(29-2)20(18)30-3)21(25)23-16-7-9-17(10-8-16)33(27,28)24-11-13-31-14-12-24/h4-10,15H,11-14H2,1-3H3,(H,23,25)/t15-/m0/s1. The number of carbonyl (C=O) groups is 2. The Morgan fingerprint density at radius 2 is 1.70 bits per heavy atom. The fraction of sp³-hybridized carbons (Fsp3) is 0.364. The molecule has 11 heteroatoms. The van der Waals surface area contributed by atoms with Crippen LogP contribution in [0.3, 0.4) is 0 Å². The van der Waals surface area contributed by atoms with E-state index in [-0.39, 0.29) is 16.2 Å². The normalized spacial score (nSPS) is 15.4. The topological polar surface area (TPSA) is 120 Å². The molecule has 1 amide bonds. The summed E-state index contributed by atoms with van der Waals surface area (Å²) >= 11 is 0. The summed E-state index contributed by atoms with van der Waals surface area (Å²) < 4.78 is 47.6. The fourth-order valence-electron chi connectivity index (χ4n) is 3.22. The second-order valence-corrected chi connectivity index (χ2v) is 9.06. The van der Waals surface area contributed by atoms with Crippen molar-refractivity contribution in [3.05, 3.63) is 48.0 Å². The van der Waals surface area contributed by atoms with Crippen LogP contribution in [0.1, 0.15) is 17.3 Å². The number of rotatable bonds is 8.